The van der Waals surface area contributed by atoms with Crippen LogP contribution in [0, 0.1) is 5.82 Å². The van der Waals surface area contributed by atoms with Gasteiger partial charge in [-0.15, -0.1) is 0 Å². The lowest BCUT2D eigenvalue weighted by molar-refractivity contribution is 0.275. The highest BCUT2D eigenvalue weighted by molar-refractivity contribution is 7.92. The van der Waals surface area contributed by atoms with E-state index in [-0.39, 0.29) is 10.5 Å². The maximum Gasteiger partial charge on any atom is 0.261 e. The van der Waals surface area contributed by atoms with Crippen molar-refractivity contribution in [1.82, 2.24) is 0 Å². The molecule has 0 amide bonds. The fourth-order valence-corrected chi connectivity index (χ4v) is 2.67. The highest BCUT2D eigenvalue weighted by Gasteiger charge is 2.16. The third-order valence-corrected chi connectivity index (χ3v) is 3.90. The standard InChI is InChI=1S/C13H12FNO3S/c14-13-7-6-12(8-10(13)9-16)19(17,18)15-11-4-2-1-3-5-11/h1-8,15-16H,9H2. The molecule has 0 bridgehead atoms. The molecule has 0 unspecified atom stereocenters. The van der Waals surface area contributed by atoms with Crippen LogP contribution in [0.3, 0.4) is 0 Å². The number of hydrogen-bond donors (Lipinski definition) is 2. The summed E-state index contributed by atoms with van der Waals surface area (Å²) in [6, 6.07) is 11.6. The number of rotatable bonds is 4. The molecule has 0 saturated heterocycles. The van der Waals surface area contributed by atoms with Crippen LogP contribution in [0.25, 0.3) is 0 Å². The predicted octanol–water partition coefficient (Wildman–Crippen LogP) is 2.12. The van der Waals surface area contributed by atoms with Crippen LogP contribution in [0.4, 0.5) is 10.1 Å². The van der Waals surface area contributed by atoms with Gasteiger partial charge in [-0.05, 0) is 30.3 Å². The van der Waals surface area contributed by atoms with Crippen molar-refractivity contribution in [2.75, 3.05) is 4.72 Å². The lowest BCUT2D eigenvalue weighted by atomic mass is 10.2. The number of halogens is 1. The third kappa shape index (κ3) is 3.10. The van der Waals surface area contributed by atoms with Gasteiger partial charge in [0.2, 0.25) is 0 Å². The largest absolute Gasteiger partial charge is 0.392 e. The molecule has 2 N–H and O–H groups in total. The summed E-state index contributed by atoms with van der Waals surface area (Å²) in [5, 5.41) is 8.94. The molecule has 2 aromatic carbocycles. The molecule has 2 rings (SSSR count). The average Bonchev–Trinajstić information content (AvgIpc) is 2.39. The summed E-state index contributed by atoms with van der Waals surface area (Å²) >= 11 is 0. The zero-order valence-corrected chi connectivity index (χ0v) is 10.7. The van der Waals surface area contributed by atoms with Crippen molar-refractivity contribution in [3.8, 4) is 0 Å². The summed E-state index contributed by atoms with van der Waals surface area (Å²) in [5.74, 6) is -0.638. The molecule has 0 saturated carbocycles. The number of anilines is 1. The minimum absolute atomic E-state index is 0.0593. The van der Waals surface area contributed by atoms with E-state index in [0.717, 1.165) is 18.2 Å². The second-order valence-corrected chi connectivity index (χ2v) is 5.57. The van der Waals surface area contributed by atoms with Crippen molar-refractivity contribution in [2.45, 2.75) is 11.5 Å². The predicted molar refractivity (Wildman–Crippen MR) is 69.6 cm³/mol. The summed E-state index contributed by atoms with van der Waals surface area (Å²) in [6.07, 6.45) is 0. The fourth-order valence-electron chi connectivity index (χ4n) is 1.56. The number of para-hydroxylation sites is 1. The van der Waals surface area contributed by atoms with E-state index in [2.05, 4.69) is 4.72 Å². The molecule has 0 aromatic heterocycles. The van der Waals surface area contributed by atoms with Gasteiger partial charge in [0, 0.05) is 11.3 Å². The lowest BCUT2D eigenvalue weighted by Gasteiger charge is -2.09. The number of benzene rings is 2. The average molecular weight is 281 g/mol. The number of nitrogens with one attached hydrogen (secondary N) is 1. The van der Waals surface area contributed by atoms with Crippen LogP contribution in [0.5, 0.6) is 0 Å². The van der Waals surface area contributed by atoms with Gasteiger partial charge in [-0.25, -0.2) is 12.8 Å². The van der Waals surface area contributed by atoms with Crippen molar-refractivity contribution in [1.29, 1.82) is 0 Å². The van der Waals surface area contributed by atoms with Gasteiger partial charge in [-0.3, -0.25) is 4.72 Å². The molecule has 0 spiro atoms. The van der Waals surface area contributed by atoms with Gasteiger partial charge in [-0.1, -0.05) is 18.2 Å². The minimum Gasteiger partial charge on any atom is -0.392 e. The Hall–Kier alpha value is -1.92. The fraction of sp³-hybridized carbons (Fsp3) is 0.0769. The molecule has 100 valence electrons. The van der Waals surface area contributed by atoms with E-state index in [1.807, 2.05) is 0 Å². The van der Waals surface area contributed by atoms with Crippen molar-refractivity contribution in [3.05, 3.63) is 59.9 Å². The maximum atomic E-state index is 13.2. The summed E-state index contributed by atoms with van der Waals surface area (Å²) < 4.78 is 39.7. The van der Waals surface area contributed by atoms with E-state index in [9.17, 15) is 12.8 Å². The Kier molecular flexibility index (Phi) is 3.82. The van der Waals surface area contributed by atoms with E-state index < -0.39 is 22.4 Å². The Balaban J connectivity index is 2.35. The SMILES string of the molecule is O=S(=O)(Nc1ccccc1)c1ccc(F)c(CO)c1. The molecule has 2 aromatic rings. The second kappa shape index (κ2) is 5.38. The Bertz CT molecular complexity index is 672. The van der Waals surface area contributed by atoms with Crippen LogP contribution in [-0.2, 0) is 16.6 Å². The Morgan fingerprint density at radius 3 is 2.42 bits per heavy atom. The first-order valence-corrected chi connectivity index (χ1v) is 6.98. The first kappa shape index (κ1) is 13.5. The molecule has 4 nitrogen and oxygen atoms in total. The molecule has 0 aliphatic heterocycles. The van der Waals surface area contributed by atoms with Crippen LogP contribution >= 0.6 is 0 Å². The highest BCUT2D eigenvalue weighted by atomic mass is 32.2. The monoisotopic (exact) mass is 281 g/mol. The first-order valence-electron chi connectivity index (χ1n) is 5.50. The Morgan fingerprint density at radius 1 is 1.11 bits per heavy atom. The van der Waals surface area contributed by atoms with Crippen molar-refractivity contribution >= 4 is 15.7 Å². The summed E-state index contributed by atoms with van der Waals surface area (Å²) in [6.45, 7) is -0.555. The van der Waals surface area contributed by atoms with Crippen LogP contribution < -0.4 is 4.72 Å². The van der Waals surface area contributed by atoms with E-state index in [1.54, 1.807) is 30.3 Å². The van der Waals surface area contributed by atoms with Crippen molar-refractivity contribution in [3.63, 3.8) is 0 Å². The lowest BCUT2D eigenvalue weighted by Crippen LogP contribution is -2.13. The zero-order valence-electron chi connectivity index (χ0n) is 9.88. The molecule has 0 aliphatic carbocycles. The maximum absolute atomic E-state index is 13.2. The van der Waals surface area contributed by atoms with E-state index in [4.69, 9.17) is 5.11 Å². The normalized spacial score (nSPS) is 11.3. The van der Waals surface area contributed by atoms with Gasteiger partial charge >= 0.3 is 0 Å². The van der Waals surface area contributed by atoms with Gasteiger partial charge in [0.25, 0.3) is 10.0 Å². The molecule has 0 atom stereocenters. The van der Waals surface area contributed by atoms with E-state index in [0.29, 0.717) is 5.69 Å². The number of aliphatic hydroxyl groups excluding tert-OH is 1. The van der Waals surface area contributed by atoms with Gasteiger partial charge in [0.15, 0.2) is 0 Å². The second-order valence-electron chi connectivity index (χ2n) is 3.88. The van der Waals surface area contributed by atoms with Crippen LogP contribution in [0.2, 0.25) is 0 Å². The Labute approximate surface area is 110 Å². The van der Waals surface area contributed by atoms with E-state index in [1.165, 1.54) is 0 Å². The van der Waals surface area contributed by atoms with Crippen LogP contribution in [0.15, 0.2) is 53.4 Å². The van der Waals surface area contributed by atoms with Gasteiger partial charge in [-0.2, -0.15) is 0 Å². The molecule has 0 heterocycles. The van der Waals surface area contributed by atoms with Gasteiger partial charge in [0.05, 0.1) is 11.5 Å². The molecular weight excluding hydrogens is 269 g/mol. The summed E-state index contributed by atoms with van der Waals surface area (Å²) in [7, 11) is -3.79. The Morgan fingerprint density at radius 2 is 1.79 bits per heavy atom. The molecule has 6 heteroatoms. The molecule has 0 aliphatic rings. The molecule has 19 heavy (non-hydrogen) atoms. The minimum atomic E-state index is -3.79. The molecule has 0 fully saturated rings. The number of hydrogen-bond acceptors (Lipinski definition) is 3. The number of aliphatic hydroxyl groups is 1. The topological polar surface area (TPSA) is 66.4 Å². The first-order chi connectivity index (χ1) is 9.03. The summed E-state index contributed by atoms with van der Waals surface area (Å²) in [5.41, 5.74) is 0.355. The number of sulfonamides is 1. The highest BCUT2D eigenvalue weighted by Crippen LogP contribution is 2.18. The van der Waals surface area contributed by atoms with Crippen LogP contribution in [-0.4, -0.2) is 13.5 Å². The zero-order chi connectivity index (χ0) is 13.9. The summed E-state index contributed by atoms with van der Waals surface area (Å²) in [4.78, 5) is -0.0956. The quantitative estimate of drug-likeness (QED) is 0.902. The smallest absolute Gasteiger partial charge is 0.261 e. The van der Waals surface area contributed by atoms with Gasteiger partial charge in [0.1, 0.15) is 5.82 Å². The molecular formula is C13H12FNO3S. The van der Waals surface area contributed by atoms with Crippen LogP contribution in [0.1, 0.15) is 5.56 Å². The third-order valence-electron chi connectivity index (χ3n) is 2.52. The van der Waals surface area contributed by atoms with E-state index >= 15 is 0 Å². The molecule has 0 radical (unpaired) electrons. The van der Waals surface area contributed by atoms with Crippen molar-refractivity contribution in [2.24, 2.45) is 0 Å². The van der Waals surface area contributed by atoms with Gasteiger partial charge < -0.3 is 5.11 Å². The van der Waals surface area contributed by atoms with Crippen molar-refractivity contribution < 1.29 is 17.9 Å².